The van der Waals surface area contributed by atoms with E-state index in [4.69, 9.17) is 14.2 Å². The monoisotopic (exact) mass is 399 g/mol. The van der Waals surface area contributed by atoms with Crippen molar-refractivity contribution < 1.29 is 19.0 Å². The van der Waals surface area contributed by atoms with Crippen molar-refractivity contribution in [3.8, 4) is 11.5 Å². The summed E-state index contributed by atoms with van der Waals surface area (Å²) in [6, 6.07) is 4.43. The number of nitrogens with zero attached hydrogens (tertiary/aromatic N) is 1. The van der Waals surface area contributed by atoms with Gasteiger partial charge in [-0.3, -0.25) is 4.79 Å². The Hall–Kier alpha value is -1.59. The summed E-state index contributed by atoms with van der Waals surface area (Å²) in [6.45, 7) is 8.16. The molecular formula is C24H33NO4. The third-order valence-electron chi connectivity index (χ3n) is 8.33. The number of hydrogen-bond donors (Lipinski definition) is 0. The molecule has 1 spiro atoms. The van der Waals surface area contributed by atoms with Crippen LogP contribution in [0.25, 0.3) is 0 Å². The summed E-state index contributed by atoms with van der Waals surface area (Å²) in [7, 11) is 3.89. The SMILES string of the molecule is COc1ccc2c3c1O[C@@]1(C)C(=O)CC[C@@]4(OCCC(C)C)[C@@H](C2)N(C)CC[C@]314. The number of hydrogen-bond acceptors (Lipinski definition) is 5. The lowest BCUT2D eigenvalue weighted by molar-refractivity contribution is -0.228. The summed E-state index contributed by atoms with van der Waals surface area (Å²) in [6.07, 6.45) is 4.11. The Morgan fingerprint density at radius 2 is 2.10 bits per heavy atom. The number of ether oxygens (including phenoxy) is 3. The first-order chi connectivity index (χ1) is 13.8. The number of likely N-dealkylation sites (N-methyl/N-ethyl adjacent to an activating group) is 1. The summed E-state index contributed by atoms with van der Waals surface area (Å²) in [5.41, 5.74) is 0.748. The van der Waals surface area contributed by atoms with E-state index in [0.717, 1.165) is 50.3 Å². The lowest BCUT2D eigenvalue weighted by Gasteiger charge is -2.66. The van der Waals surface area contributed by atoms with Gasteiger partial charge in [0.2, 0.25) is 0 Å². The minimum Gasteiger partial charge on any atom is -0.493 e. The highest BCUT2D eigenvalue weighted by Crippen LogP contribution is 2.69. The van der Waals surface area contributed by atoms with Gasteiger partial charge in [0.15, 0.2) is 22.9 Å². The van der Waals surface area contributed by atoms with Crippen LogP contribution in [-0.2, 0) is 21.4 Å². The van der Waals surface area contributed by atoms with Crippen LogP contribution in [0.1, 0.15) is 57.6 Å². The third kappa shape index (κ3) is 2.16. The molecule has 29 heavy (non-hydrogen) atoms. The minimum atomic E-state index is -0.894. The molecule has 0 N–H and O–H groups in total. The van der Waals surface area contributed by atoms with Crippen molar-refractivity contribution in [1.82, 2.24) is 4.90 Å². The summed E-state index contributed by atoms with van der Waals surface area (Å²) in [4.78, 5) is 15.9. The van der Waals surface area contributed by atoms with Gasteiger partial charge in [0.25, 0.3) is 0 Å². The van der Waals surface area contributed by atoms with E-state index in [1.807, 2.05) is 13.0 Å². The van der Waals surface area contributed by atoms with Gasteiger partial charge in [-0.1, -0.05) is 19.9 Å². The van der Waals surface area contributed by atoms with Gasteiger partial charge in [0.1, 0.15) is 0 Å². The molecule has 2 aliphatic heterocycles. The highest BCUT2D eigenvalue weighted by molar-refractivity contribution is 5.94. The Kier molecular flexibility index (Phi) is 4.15. The molecule has 2 bridgehead atoms. The average Bonchev–Trinajstić information content (AvgIpc) is 2.96. The lowest BCUT2D eigenvalue weighted by atomic mass is 9.45. The van der Waals surface area contributed by atoms with Gasteiger partial charge in [0, 0.05) is 24.6 Å². The first-order valence-electron chi connectivity index (χ1n) is 11.1. The van der Waals surface area contributed by atoms with Crippen LogP contribution < -0.4 is 9.47 Å². The number of piperidine rings is 1. The highest BCUT2D eigenvalue weighted by Gasteiger charge is 2.78. The smallest absolute Gasteiger partial charge is 0.177 e. The maximum Gasteiger partial charge on any atom is 0.177 e. The molecular weight excluding hydrogens is 366 g/mol. The number of methoxy groups -OCH3 is 1. The molecule has 2 heterocycles. The fourth-order valence-electron chi connectivity index (χ4n) is 6.87. The number of Topliss-reactive ketones (excluding diaryl/α,β-unsaturated/α-hetero) is 1. The van der Waals surface area contributed by atoms with E-state index in [9.17, 15) is 4.79 Å². The number of likely N-dealkylation sites (tertiary alicyclic amines) is 1. The molecule has 0 aromatic heterocycles. The van der Waals surface area contributed by atoms with Gasteiger partial charge in [-0.25, -0.2) is 0 Å². The van der Waals surface area contributed by atoms with Gasteiger partial charge >= 0.3 is 0 Å². The molecule has 0 amide bonds. The average molecular weight is 400 g/mol. The standard InChI is InChI=1S/C24H33NO4/c1-15(2)9-13-28-24-10-8-19(26)22(3)23(24)11-12-25(4)18(24)14-16-6-7-17(27-5)21(29-22)20(16)23/h6-7,15,18H,8-14H2,1-5H3/t18-,22+,23+,24-/m1/s1. The maximum absolute atomic E-state index is 13.4. The second kappa shape index (κ2) is 6.21. The topological polar surface area (TPSA) is 48.0 Å². The number of carbonyl (C=O) groups is 1. The Labute approximate surface area is 173 Å². The first-order valence-corrected chi connectivity index (χ1v) is 11.1. The van der Waals surface area contributed by atoms with Crippen LogP contribution in [-0.4, -0.2) is 55.2 Å². The molecule has 1 aromatic carbocycles. The molecule has 4 atom stereocenters. The predicted molar refractivity (Wildman–Crippen MR) is 111 cm³/mol. The van der Waals surface area contributed by atoms with Gasteiger partial charge in [-0.05, 0) is 63.7 Å². The van der Waals surface area contributed by atoms with Crippen LogP contribution in [0.15, 0.2) is 12.1 Å². The van der Waals surface area contributed by atoms with Crippen molar-refractivity contribution in [2.45, 2.75) is 75.5 Å². The van der Waals surface area contributed by atoms with Gasteiger partial charge in [-0.15, -0.1) is 0 Å². The van der Waals surface area contributed by atoms with Crippen molar-refractivity contribution in [3.63, 3.8) is 0 Å². The molecule has 2 aliphatic carbocycles. The molecule has 2 fully saturated rings. The Balaban J connectivity index is 1.76. The van der Waals surface area contributed by atoms with E-state index >= 15 is 0 Å². The van der Waals surface area contributed by atoms with E-state index in [1.165, 1.54) is 11.1 Å². The largest absolute Gasteiger partial charge is 0.493 e. The van der Waals surface area contributed by atoms with Gasteiger partial charge in [-0.2, -0.15) is 0 Å². The van der Waals surface area contributed by atoms with Crippen molar-refractivity contribution in [1.29, 1.82) is 0 Å². The molecule has 5 nitrogen and oxygen atoms in total. The Morgan fingerprint density at radius 3 is 2.83 bits per heavy atom. The Morgan fingerprint density at radius 1 is 1.31 bits per heavy atom. The molecule has 5 heteroatoms. The quantitative estimate of drug-likeness (QED) is 0.758. The zero-order valence-corrected chi connectivity index (χ0v) is 18.3. The molecule has 1 aromatic rings. The molecule has 1 saturated carbocycles. The maximum atomic E-state index is 13.4. The van der Waals surface area contributed by atoms with Gasteiger partial charge < -0.3 is 19.1 Å². The number of benzene rings is 1. The third-order valence-corrected chi connectivity index (χ3v) is 8.33. The minimum absolute atomic E-state index is 0.204. The summed E-state index contributed by atoms with van der Waals surface area (Å²) >= 11 is 0. The molecule has 1 saturated heterocycles. The van der Waals surface area contributed by atoms with E-state index in [2.05, 4.69) is 31.9 Å². The Bertz CT molecular complexity index is 867. The zero-order chi connectivity index (χ0) is 20.6. The number of ketones is 1. The van der Waals surface area contributed by atoms with Crippen LogP contribution in [0.4, 0.5) is 0 Å². The van der Waals surface area contributed by atoms with Gasteiger partial charge in [0.05, 0.1) is 18.1 Å². The molecule has 5 rings (SSSR count). The molecule has 0 radical (unpaired) electrons. The van der Waals surface area contributed by atoms with Crippen molar-refractivity contribution in [3.05, 3.63) is 23.3 Å². The highest BCUT2D eigenvalue weighted by atomic mass is 16.5. The fourth-order valence-corrected chi connectivity index (χ4v) is 6.87. The fraction of sp³-hybridized carbons (Fsp3) is 0.708. The first kappa shape index (κ1) is 19.4. The van der Waals surface area contributed by atoms with Crippen LogP contribution >= 0.6 is 0 Å². The van der Waals surface area contributed by atoms with E-state index in [1.54, 1.807) is 7.11 Å². The normalized spacial score (nSPS) is 37.4. The predicted octanol–water partition coefficient (Wildman–Crippen LogP) is 3.51. The zero-order valence-electron chi connectivity index (χ0n) is 18.3. The molecule has 0 unspecified atom stereocenters. The van der Waals surface area contributed by atoms with Crippen molar-refractivity contribution in [2.75, 3.05) is 27.3 Å². The van der Waals surface area contributed by atoms with E-state index in [0.29, 0.717) is 12.3 Å². The summed E-state index contributed by atoms with van der Waals surface area (Å²) in [5, 5.41) is 0. The molecule has 4 aliphatic rings. The van der Waals surface area contributed by atoms with Crippen LogP contribution in [0.3, 0.4) is 0 Å². The van der Waals surface area contributed by atoms with Crippen molar-refractivity contribution in [2.24, 2.45) is 5.92 Å². The number of rotatable bonds is 5. The summed E-state index contributed by atoms with van der Waals surface area (Å²) in [5.74, 6) is 2.30. The van der Waals surface area contributed by atoms with E-state index in [-0.39, 0.29) is 11.8 Å². The van der Waals surface area contributed by atoms with E-state index < -0.39 is 16.6 Å². The summed E-state index contributed by atoms with van der Waals surface area (Å²) < 4.78 is 19.2. The van der Waals surface area contributed by atoms with Crippen LogP contribution in [0.5, 0.6) is 11.5 Å². The number of carbonyl (C=O) groups excluding carboxylic acids is 1. The second-order valence-corrected chi connectivity index (χ2v) is 9.97. The van der Waals surface area contributed by atoms with Crippen molar-refractivity contribution >= 4 is 5.78 Å². The lowest BCUT2D eigenvalue weighted by Crippen LogP contribution is -2.80. The van der Waals surface area contributed by atoms with Crippen LogP contribution in [0, 0.1) is 5.92 Å². The van der Waals surface area contributed by atoms with Crippen LogP contribution in [0.2, 0.25) is 0 Å². The second-order valence-electron chi connectivity index (χ2n) is 9.97. The molecule has 158 valence electrons.